The molecule has 0 radical (unpaired) electrons. The maximum absolute atomic E-state index is 13.1. The van der Waals surface area contributed by atoms with Gasteiger partial charge in [0.25, 0.3) is 5.91 Å². The quantitative estimate of drug-likeness (QED) is 0.773. The second-order valence-electron chi connectivity index (χ2n) is 8.09. The van der Waals surface area contributed by atoms with E-state index >= 15 is 0 Å². The fourth-order valence-corrected chi connectivity index (χ4v) is 4.71. The molecule has 0 aromatic heterocycles. The summed E-state index contributed by atoms with van der Waals surface area (Å²) in [5, 5.41) is 3.56. The average Bonchev–Trinajstić information content (AvgIpc) is 3.08. The molecular weight excluding hydrogens is 354 g/mol. The monoisotopic (exact) mass is 383 g/mol. The van der Waals surface area contributed by atoms with E-state index < -0.39 is 0 Å². The summed E-state index contributed by atoms with van der Waals surface area (Å²) in [6, 6.07) is 9.85. The van der Waals surface area contributed by atoms with Crippen LogP contribution in [0.1, 0.15) is 12.5 Å². The third-order valence-corrected chi connectivity index (χ3v) is 6.02. The van der Waals surface area contributed by atoms with E-state index in [4.69, 9.17) is 0 Å². The lowest BCUT2D eigenvalue weighted by Gasteiger charge is -2.45. The Balaban J connectivity index is 1.55. The summed E-state index contributed by atoms with van der Waals surface area (Å²) in [4.78, 5) is 33.4. The van der Waals surface area contributed by atoms with E-state index in [0.717, 1.165) is 26.1 Å². The van der Waals surface area contributed by atoms with Crippen LogP contribution in [0, 0.1) is 5.92 Å². The van der Waals surface area contributed by atoms with Crippen molar-refractivity contribution in [3.05, 3.63) is 48.6 Å². The van der Waals surface area contributed by atoms with Crippen molar-refractivity contribution in [1.82, 2.24) is 24.9 Å². The first-order chi connectivity index (χ1) is 13.5. The van der Waals surface area contributed by atoms with Crippen LogP contribution in [0.3, 0.4) is 0 Å². The molecule has 4 unspecified atom stereocenters. The number of nitrogens with one attached hydrogen (secondary N) is 1. The highest BCUT2D eigenvalue weighted by atomic mass is 16.2. The van der Waals surface area contributed by atoms with E-state index in [1.165, 1.54) is 10.5 Å². The molecule has 150 valence electrons. The molecule has 1 aromatic carbocycles. The number of imide groups is 1. The van der Waals surface area contributed by atoms with Crippen LogP contribution in [0.15, 0.2) is 43.0 Å². The van der Waals surface area contributed by atoms with Crippen molar-refractivity contribution in [2.45, 2.75) is 31.8 Å². The van der Waals surface area contributed by atoms with Gasteiger partial charge in [-0.2, -0.15) is 0 Å². The summed E-state index contributed by atoms with van der Waals surface area (Å²) in [6.45, 7) is 8.89. The minimum atomic E-state index is -0.352. The van der Waals surface area contributed by atoms with Crippen LogP contribution in [0.5, 0.6) is 0 Å². The third-order valence-electron chi connectivity index (χ3n) is 6.02. The van der Waals surface area contributed by atoms with Crippen molar-refractivity contribution in [2.75, 3.05) is 33.2 Å². The highest BCUT2D eigenvalue weighted by molar-refractivity contribution is 6.00. The lowest BCUT2D eigenvalue weighted by atomic mass is 10.0. The van der Waals surface area contributed by atoms with Gasteiger partial charge in [-0.25, -0.2) is 4.79 Å². The Bertz CT molecular complexity index is 754. The summed E-state index contributed by atoms with van der Waals surface area (Å²) < 4.78 is 0. The Morgan fingerprint density at radius 1 is 1.21 bits per heavy atom. The van der Waals surface area contributed by atoms with Gasteiger partial charge < -0.3 is 4.90 Å². The molecule has 3 aliphatic heterocycles. The topological polar surface area (TPSA) is 59.1 Å². The zero-order valence-corrected chi connectivity index (χ0v) is 16.6. The molecule has 3 saturated heterocycles. The van der Waals surface area contributed by atoms with E-state index in [1.807, 2.05) is 6.07 Å². The Hall–Kier alpha value is -2.22. The summed E-state index contributed by atoms with van der Waals surface area (Å²) in [6.07, 6.45) is 2.24. The Morgan fingerprint density at radius 2 is 1.96 bits per heavy atom. The van der Waals surface area contributed by atoms with E-state index in [0.29, 0.717) is 5.92 Å². The van der Waals surface area contributed by atoms with Crippen molar-refractivity contribution < 1.29 is 9.59 Å². The van der Waals surface area contributed by atoms with Gasteiger partial charge in [0.05, 0.1) is 0 Å². The molecule has 4 rings (SSSR count). The summed E-state index contributed by atoms with van der Waals surface area (Å²) in [5.74, 6) is 0.330. The molecule has 0 bridgehead atoms. The molecule has 7 heteroatoms. The fourth-order valence-electron chi connectivity index (χ4n) is 4.71. The van der Waals surface area contributed by atoms with Crippen LogP contribution in [0.4, 0.5) is 4.79 Å². The van der Waals surface area contributed by atoms with Crippen LogP contribution in [-0.2, 0) is 11.2 Å². The molecule has 3 amide bonds. The number of carbonyl (C=O) groups is 2. The molecule has 28 heavy (non-hydrogen) atoms. The van der Waals surface area contributed by atoms with Crippen LogP contribution in [0.25, 0.3) is 0 Å². The number of likely N-dealkylation sites (N-methyl/N-ethyl adjacent to an activating group) is 1. The lowest BCUT2D eigenvalue weighted by Crippen LogP contribution is -2.66. The largest absolute Gasteiger partial charge is 0.328 e. The third kappa shape index (κ3) is 3.23. The molecule has 3 heterocycles. The second-order valence-corrected chi connectivity index (χ2v) is 8.09. The first-order valence-corrected chi connectivity index (χ1v) is 10.00. The van der Waals surface area contributed by atoms with Gasteiger partial charge in [0.1, 0.15) is 18.5 Å². The Morgan fingerprint density at radius 3 is 2.68 bits per heavy atom. The molecule has 4 atom stereocenters. The van der Waals surface area contributed by atoms with Gasteiger partial charge in [-0.15, -0.1) is 6.58 Å². The van der Waals surface area contributed by atoms with Crippen LogP contribution >= 0.6 is 0 Å². The van der Waals surface area contributed by atoms with Gasteiger partial charge in [0.2, 0.25) is 0 Å². The highest BCUT2D eigenvalue weighted by Gasteiger charge is 2.56. The first-order valence-electron chi connectivity index (χ1n) is 10.00. The number of fused-ring (bicyclic) bond motifs is 3. The minimum Gasteiger partial charge on any atom is -0.310 e. The van der Waals surface area contributed by atoms with Gasteiger partial charge >= 0.3 is 6.03 Å². The van der Waals surface area contributed by atoms with Crippen LogP contribution < -0.4 is 5.32 Å². The van der Waals surface area contributed by atoms with E-state index in [1.54, 1.807) is 18.0 Å². The molecule has 0 spiro atoms. The number of nitrogens with zero attached hydrogens (tertiary/aromatic N) is 4. The predicted octanol–water partition coefficient (Wildman–Crippen LogP) is 1.14. The summed E-state index contributed by atoms with van der Waals surface area (Å²) in [7, 11) is 1.77. The van der Waals surface area contributed by atoms with Crippen LogP contribution in [-0.4, -0.2) is 83.3 Å². The summed E-state index contributed by atoms with van der Waals surface area (Å²) >= 11 is 0. The SMILES string of the molecule is C=CCN1C(=O)C2C(NC3N(CCc4ccccc4)CC(C)CN23)N(C)C1=O. The smallest absolute Gasteiger partial charge is 0.310 e. The van der Waals surface area contributed by atoms with E-state index in [9.17, 15) is 9.59 Å². The highest BCUT2D eigenvalue weighted by Crippen LogP contribution is 2.32. The maximum atomic E-state index is 13.1. The number of urea groups is 1. The normalized spacial score (nSPS) is 31.1. The zero-order chi connectivity index (χ0) is 19.8. The maximum Gasteiger partial charge on any atom is 0.328 e. The molecule has 7 nitrogen and oxygen atoms in total. The first kappa shape index (κ1) is 19.1. The molecule has 0 saturated carbocycles. The lowest BCUT2D eigenvalue weighted by molar-refractivity contribution is -0.140. The van der Waals surface area contributed by atoms with Gasteiger partial charge in [0, 0.05) is 33.2 Å². The zero-order valence-electron chi connectivity index (χ0n) is 16.6. The van der Waals surface area contributed by atoms with Crippen LogP contribution in [0.2, 0.25) is 0 Å². The average molecular weight is 383 g/mol. The fraction of sp³-hybridized carbons (Fsp3) is 0.524. The number of amides is 3. The number of hydrogen-bond acceptors (Lipinski definition) is 5. The number of hydrogen-bond donors (Lipinski definition) is 1. The number of rotatable bonds is 5. The molecule has 3 fully saturated rings. The van der Waals surface area contributed by atoms with Gasteiger partial charge in [0.15, 0.2) is 0 Å². The van der Waals surface area contributed by atoms with Crippen molar-refractivity contribution >= 4 is 11.9 Å². The van der Waals surface area contributed by atoms with E-state index in [-0.39, 0.29) is 37.0 Å². The standard InChI is InChI=1S/C21H29N5O2/c1-4-11-25-19(27)17-18(23(3)21(25)28)22-20-24(13-15(2)14-26(17)20)12-10-16-8-6-5-7-9-16/h4-9,15,17-18,20,22H,1,10-14H2,2-3H3. The van der Waals surface area contributed by atoms with Crippen molar-refractivity contribution in [1.29, 1.82) is 0 Å². The predicted molar refractivity (Wildman–Crippen MR) is 107 cm³/mol. The Kier molecular flexibility index (Phi) is 5.23. The van der Waals surface area contributed by atoms with E-state index in [2.05, 4.69) is 52.9 Å². The minimum absolute atomic E-state index is 0.0298. The van der Waals surface area contributed by atoms with Crippen molar-refractivity contribution in [3.8, 4) is 0 Å². The molecule has 1 N–H and O–H groups in total. The molecule has 1 aromatic rings. The van der Waals surface area contributed by atoms with Crippen molar-refractivity contribution in [3.63, 3.8) is 0 Å². The second kappa shape index (κ2) is 7.66. The van der Waals surface area contributed by atoms with Crippen molar-refractivity contribution in [2.24, 2.45) is 5.92 Å². The molecule has 3 aliphatic rings. The molecule has 0 aliphatic carbocycles. The number of carbonyl (C=O) groups excluding carboxylic acids is 2. The van der Waals surface area contributed by atoms with Gasteiger partial charge in [-0.05, 0) is 17.9 Å². The van der Waals surface area contributed by atoms with Gasteiger partial charge in [-0.3, -0.25) is 24.8 Å². The summed E-state index contributed by atoms with van der Waals surface area (Å²) in [5.41, 5.74) is 1.31. The Labute approximate surface area is 166 Å². The number of benzene rings is 1. The molecular formula is C21H29N5O2. The van der Waals surface area contributed by atoms with Gasteiger partial charge in [-0.1, -0.05) is 43.3 Å².